The largest absolute Gasteiger partial charge is 0.497 e. The zero-order valence-corrected chi connectivity index (χ0v) is 20.9. The molecule has 1 aromatic rings. The van der Waals surface area contributed by atoms with Crippen LogP contribution in [0.25, 0.3) is 0 Å². The lowest BCUT2D eigenvalue weighted by Gasteiger charge is -2.66. The van der Waals surface area contributed by atoms with Crippen molar-refractivity contribution in [2.24, 2.45) is 11.8 Å². The summed E-state index contributed by atoms with van der Waals surface area (Å²) in [5, 5.41) is 4.01. The van der Waals surface area contributed by atoms with Crippen LogP contribution in [0.1, 0.15) is 82.3 Å². The predicted molar refractivity (Wildman–Crippen MR) is 133 cm³/mol. The third-order valence-corrected chi connectivity index (χ3v) is 10.1. The van der Waals surface area contributed by atoms with Gasteiger partial charge in [0.1, 0.15) is 5.75 Å². The average Bonchev–Trinajstić information content (AvgIpc) is 3.68. The Morgan fingerprint density at radius 1 is 1.12 bits per heavy atom. The molecule has 4 atom stereocenters. The zero-order chi connectivity index (χ0) is 22.5. The monoisotopic (exact) mass is 452 g/mol. The molecule has 182 valence electrons. The molecule has 0 aromatic heterocycles. The van der Waals surface area contributed by atoms with Gasteiger partial charge in [0.15, 0.2) is 0 Å². The number of nitrogens with one attached hydrogen (secondary N) is 1. The summed E-state index contributed by atoms with van der Waals surface area (Å²) in [5.74, 6) is 2.79. The van der Waals surface area contributed by atoms with E-state index in [2.05, 4.69) is 35.3 Å². The van der Waals surface area contributed by atoms with Gasteiger partial charge in [-0.15, -0.1) is 0 Å². The van der Waals surface area contributed by atoms with Crippen molar-refractivity contribution in [3.8, 4) is 5.75 Å². The second-order valence-corrected chi connectivity index (χ2v) is 11.9. The smallest absolute Gasteiger partial charge is 0.119 e. The van der Waals surface area contributed by atoms with E-state index < -0.39 is 0 Å². The molecule has 0 radical (unpaired) electrons. The van der Waals surface area contributed by atoms with Gasteiger partial charge >= 0.3 is 0 Å². The molecule has 0 amide bonds. The quantitative estimate of drug-likeness (QED) is 0.625. The van der Waals surface area contributed by atoms with Crippen molar-refractivity contribution in [2.75, 3.05) is 33.4 Å². The van der Waals surface area contributed by atoms with Crippen LogP contribution in [-0.2, 0) is 16.6 Å². The Balaban J connectivity index is 1.33. The average molecular weight is 453 g/mol. The molecule has 4 nitrogen and oxygen atoms in total. The topological polar surface area (TPSA) is 33.7 Å². The van der Waals surface area contributed by atoms with Crippen molar-refractivity contribution in [2.45, 2.75) is 101 Å². The second kappa shape index (κ2) is 8.84. The minimum Gasteiger partial charge on any atom is -0.497 e. The molecule has 5 aliphatic rings. The van der Waals surface area contributed by atoms with Crippen LogP contribution in [0.3, 0.4) is 0 Å². The number of fused-ring (bicyclic) bond motifs is 1. The first-order chi connectivity index (χ1) is 16.2. The van der Waals surface area contributed by atoms with Crippen molar-refractivity contribution in [3.63, 3.8) is 0 Å². The lowest BCUT2D eigenvalue weighted by molar-refractivity contribution is -0.217. The van der Waals surface area contributed by atoms with Gasteiger partial charge in [0.2, 0.25) is 0 Å². The second-order valence-electron chi connectivity index (χ2n) is 11.9. The summed E-state index contributed by atoms with van der Waals surface area (Å²) in [6.45, 7) is 6.93. The molecule has 0 spiro atoms. The van der Waals surface area contributed by atoms with Gasteiger partial charge in [-0.05, 0) is 99.6 Å². The van der Waals surface area contributed by atoms with Gasteiger partial charge in [-0.1, -0.05) is 32.3 Å². The number of rotatable bonds is 7. The van der Waals surface area contributed by atoms with Crippen LogP contribution >= 0.6 is 0 Å². The Bertz CT molecular complexity index is 848. The fourth-order valence-electron chi connectivity index (χ4n) is 8.22. The maximum absolute atomic E-state index is 7.15. The van der Waals surface area contributed by atoms with Gasteiger partial charge in [-0.2, -0.15) is 0 Å². The predicted octanol–water partition coefficient (Wildman–Crippen LogP) is 5.08. The number of nitrogens with zero attached hydrogens (tertiary/aromatic N) is 1. The number of likely N-dealkylation sites (tertiary alicyclic amines) is 1. The first kappa shape index (κ1) is 22.4. The third-order valence-electron chi connectivity index (χ3n) is 10.1. The summed E-state index contributed by atoms with van der Waals surface area (Å²) in [5.41, 5.74) is 3.11. The van der Waals surface area contributed by atoms with Gasteiger partial charge in [-0.3, -0.25) is 4.90 Å². The lowest BCUT2D eigenvalue weighted by atomic mass is 9.50. The minimum absolute atomic E-state index is 0.0669. The van der Waals surface area contributed by atoms with Crippen LogP contribution in [0, 0.1) is 11.8 Å². The van der Waals surface area contributed by atoms with Crippen LogP contribution in [0.2, 0.25) is 0 Å². The summed E-state index contributed by atoms with van der Waals surface area (Å²) in [6.07, 6.45) is 14.6. The molecule has 4 heteroatoms. The number of ether oxygens (including phenoxy) is 2. The van der Waals surface area contributed by atoms with Gasteiger partial charge < -0.3 is 14.8 Å². The standard InChI is InChI=1S/C29H44N2O2/c1-3-29-27-15-23-11-12-25(32-2)16-26(23)28(29,13-14-31(27)19-22-9-10-22)17-24(20-33-29)30-18-21-7-5-4-6-8-21/h11-12,16,21-22,24,27,30H,3-10,13-15,17-20H2,1-2H3/t24?,27-,28-,29-/m0/s1. The Hall–Kier alpha value is -1.10. The van der Waals surface area contributed by atoms with E-state index in [-0.39, 0.29) is 11.0 Å². The summed E-state index contributed by atoms with van der Waals surface area (Å²) in [7, 11) is 1.81. The van der Waals surface area contributed by atoms with Crippen molar-refractivity contribution < 1.29 is 9.47 Å². The van der Waals surface area contributed by atoms with Crippen molar-refractivity contribution >= 4 is 0 Å². The van der Waals surface area contributed by atoms with E-state index in [0.717, 1.165) is 37.0 Å². The number of hydrogen-bond donors (Lipinski definition) is 1. The highest BCUT2D eigenvalue weighted by molar-refractivity contribution is 5.49. The molecule has 1 aromatic carbocycles. The lowest BCUT2D eigenvalue weighted by Crippen LogP contribution is -2.75. The van der Waals surface area contributed by atoms with Crippen LogP contribution in [0.15, 0.2) is 18.2 Å². The first-order valence-electron chi connectivity index (χ1n) is 14.0. The summed E-state index contributed by atoms with van der Waals surface area (Å²) in [4.78, 5) is 2.84. The molecule has 1 unspecified atom stereocenters. The van der Waals surface area contributed by atoms with Crippen molar-refractivity contribution in [1.29, 1.82) is 0 Å². The van der Waals surface area contributed by atoms with Gasteiger partial charge in [0, 0.05) is 24.0 Å². The maximum Gasteiger partial charge on any atom is 0.119 e. The van der Waals surface area contributed by atoms with E-state index in [1.165, 1.54) is 83.0 Å². The minimum atomic E-state index is -0.0669. The third kappa shape index (κ3) is 3.76. The molecule has 2 heterocycles. The number of benzene rings is 1. The molecule has 2 saturated heterocycles. The van der Waals surface area contributed by atoms with Crippen molar-refractivity contribution in [3.05, 3.63) is 29.3 Å². The number of methoxy groups -OCH3 is 1. The molecule has 6 rings (SSSR count). The van der Waals surface area contributed by atoms with E-state index in [9.17, 15) is 0 Å². The summed E-state index contributed by atoms with van der Waals surface area (Å²) < 4.78 is 12.9. The molecular formula is C29H44N2O2. The van der Waals surface area contributed by atoms with Crippen LogP contribution in [0.4, 0.5) is 0 Å². The molecule has 2 saturated carbocycles. The molecule has 2 bridgehead atoms. The van der Waals surface area contributed by atoms with E-state index in [1.54, 1.807) is 5.56 Å². The SMILES string of the molecule is CC[C@@]12OCC(NCC3CCCCC3)C[C@]13CCN(CC1CC1)[C@H]2Cc1ccc(OC)cc13. The van der Waals surface area contributed by atoms with Crippen LogP contribution in [0.5, 0.6) is 5.75 Å². The van der Waals surface area contributed by atoms with E-state index in [1.807, 2.05) is 7.11 Å². The summed E-state index contributed by atoms with van der Waals surface area (Å²) in [6, 6.07) is 7.89. The molecular weight excluding hydrogens is 408 g/mol. The van der Waals surface area contributed by atoms with Crippen LogP contribution < -0.4 is 10.1 Å². The summed E-state index contributed by atoms with van der Waals surface area (Å²) >= 11 is 0. The zero-order valence-electron chi connectivity index (χ0n) is 20.9. The van der Waals surface area contributed by atoms with Gasteiger partial charge in [-0.25, -0.2) is 0 Å². The highest BCUT2D eigenvalue weighted by Crippen LogP contribution is 2.59. The van der Waals surface area contributed by atoms with E-state index in [4.69, 9.17) is 9.47 Å². The Labute approximate surface area is 200 Å². The normalized spacial score (nSPS) is 36.8. The molecule has 33 heavy (non-hydrogen) atoms. The first-order valence-corrected chi connectivity index (χ1v) is 14.0. The highest BCUT2D eigenvalue weighted by Gasteiger charge is 2.65. The van der Waals surface area contributed by atoms with Gasteiger partial charge in [0.25, 0.3) is 0 Å². The Morgan fingerprint density at radius 3 is 2.73 bits per heavy atom. The maximum atomic E-state index is 7.15. The number of hydrogen-bond acceptors (Lipinski definition) is 4. The van der Waals surface area contributed by atoms with Crippen molar-refractivity contribution in [1.82, 2.24) is 10.2 Å². The van der Waals surface area contributed by atoms with E-state index >= 15 is 0 Å². The molecule has 4 fully saturated rings. The fourth-order valence-corrected chi connectivity index (χ4v) is 8.22. The van der Waals surface area contributed by atoms with Crippen LogP contribution in [-0.4, -0.2) is 55.9 Å². The Morgan fingerprint density at radius 2 is 1.97 bits per heavy atom. The van der Waals surface area contributed by atoms with E-state index in [0.29, 0.717) is 12.1 Å². The molecule has 2 aliphatic heterocycles. The van der Waals surface area contributed by atoms with Gasteiger partial charge in [0.05, 0.1) is 19.3 Å². The number of piperidine rings is 1. The Kier molecular flexibility index (Phi) is 5.99. The fraction of sp³-hybridized carbons (Fsp3) is 0.793. The molecule has 3 aliphatic carbocycles. The highest BCUT2D eigenvalue weighted by atomic mass is 16.5. The molecule has 1 N–H and O–H groups in total.